The van der Waals surface area contributed by atoms with Crippen LogP contribution in [0.2, 0.25) is 0 Å². The van der Waals surface area contributed by atoms with Crippen molar-refractivity contribution in [2.75, 3.05) is 32.0 Å². The lowest BCUT2D eigenvalue weighted by Gasteiger charge is -2.41. The number of hydrogen-bond donors (Lipinski definition) is 1. The summed E-state index contributed by atoms with van der Waals surface area (Å²) in [5, 5.41) is 3.06. The molecule has 2 atom stereocenters. The van der Waals surface area contributed by atoms with E-state index in [0.717, 1.165) is 6.54 Å². The number of anilines is 1. The minimum atomic E-state index is -3.47. The molecule has 1 saturated heterocycles. The van der Waals surface area contributed by atoms with E-state index in [1.54, 1.807) is 16.4 Å². The van der Waals surface area contributed by atoms with Crippen LogP contribution in [0.5, 0.6) is 0 Å². The van der Waals surface area contributed by atoms with Gasteiger partial charge in [0.05, 0.1) is 0 Å². The van der Waals surface area contributed by atoms with Gasteiger partial charge in [0.1, 0.15) is 10.7 Å². The Morgan fingerprint density at radius 2 is 1.90 bits per heavy atom. The molecule has 2 unspecified atom stereocenters. The Hall–Kier alpha value is -1.18. The highest BCUT2D eigenvalue weighted by atomic mass is 32.2. The summed E-state index contributed by atoms with van der Waals surface area (Å²) in [6.07, 6.45) is 1.43. The molecular formula is C14H24N4O2S. The van der Waals surface area contributed by atoms with Crippen molar-refractivity contribution >= 4 is 15.8 Å². The Bertz CT molecular complexity index is 561. The largest absolute Gasteiger partial charge is 0.370 e. The van der Waals surface area contributed by atoms with Gasteiger partial charge in [0.2, 0.25) is 10.0 Å². The van der Waals surface area contributed by atoms with Crippen molar-refractivity contribution in [3.63, 3.8) is 0 Å². The van der Waals surface area contributed by atoms with Crippen molar-refractivity contribution in [1.82, 2.24) is 14.2 Å². The normalized spacial score (nSPS) is 25.0. The summed E-state index contributed by atoms with van der Waals surface area (Å²) in [6, 6.07) is 3.74. The maximum atomic E-state index is 12.7. The summed E-state index contributed by atoms with van der Waals surface area (Å²) < 4.78 is 27.0. The first-order chi connectivity index (χ1) is 9.86. The van der Waals surface area contributed by atoms with Crippen molar-refractivity contribution < 1.29 is 8.42 Å². The molecule has 7 heteroatoms. The van der Waals surface area contributed by atoms with Crippen molar-refractivity contribution in [2.45, 2.75) is 37.8 Å². The molecule has 21 heavy (non-hydrogen) atoms. The molecular weight excluding hydrogens is 288 g/mol. The summed E-state index contributed by atoms with van der Waals surface area (Å²) in [5.74, 6) is 0.691. The number of hydrogen-bond acceptors (Lipinski definition) is 5. The van der Waals surface area contributed by atoms with Crippen molar-refractivity contribution in [2.24, 2.45) is 0 Å². The average molecular weight is 312 g/mol. The third-order valence-electron chi connectivity index (χ3n) is 4.06. The van der Waals surface area contributed by atoms with Crippen LogP contribution in [0.1, 0.15) is 20.8 Å². The topological polar surface area (TPSA) is 65.5 Å². The van der Waals surface area contributed by atoms with Gasteiger partial charge in [0, 0.05) is 37.9 Å². The van der Waals surface area contributed by atoms with Gasteiger partial charge in [0.25, 0.3) is 0 Å². The molecule has 2 heterocycles. The van der Waals surface area contributed by atoms with Crippen LogP contribution < -0.4 is 5.32 Å². The van der Waals surface area contributed by atoms with E-state index in [2.05, 4.69) is 15.2 Å². The van der Waals surface area contributed by atoms with E-state index in [1.807, 2.05) is 27.8 Å². The zero-order valence-electron chi connectivity index (χ0n) is 13.1. The standard InChI is InChI=1S/C14H24N4O2S/c1-5-15-14-7-6-13(8-16-14)21(19,20)18-9-11(2)17(4)12(3)10-18/h6-8,11-12H,5,9-10H2,1-4H3,(H,15,16). The number of piperazine rings is 1. The third-order valence-corrected chi connectivity index (χ3v) is 5.87. The average Bonchev–Trinajstić information content (AvgIpc) is 2.45. The van der Waals surface area contributed by atoms with E-state index >= 15 is 0 Å². The molecule has 1 aromatic rings. The van der Waals surface area contributed by atoms with Crippen LogP contribution in [0.3, 0.4) is 0 Å². The lowest BCUT2D eigenvalue weighted by atomic mass is 10.1. The molecule has 6 nitrogen and oxygen atoms in total. The third kappa shape index (κ3) is 3.36. The Kier molecular flexibility index (Phi) is 4.85. The fourth-order valence-electron chi connectivity index (χ4n) is 2.52. The summed E-state index contributed by atoms with van der Waals surface area (Å²) >= 11 is 0. The molecule has 0 aliphatic carbocycles. The van der Waals surface area contributed by atoms with E-state index in [-0.39, 0.29) is 17.0 Å². The highest BCUT2D eigenvalue weighted by Gasteiger charge is 2.34. The summed E-state index contributed by atoms with van der Waals surface area (Å²) in [6.45, 7) is 7.84. The number of sulfonamides is 1. The van der Waals surface area contributed by atoms with Crippen LogP contribution in [0.15, 0.2) is 23.2 Å². The summed E-state index contributed by atoms with van der Waals surface area (Å²) in [7, 11) is -1.43. The molecule has 1 aliphatic heterocycles. The van der Waals surface area contributed by atoms with Crippen molar-refractivity contribution in [3.05, 3.63) is 18.3 Å². The Balaban J connectivity index is 2.21. The number of likely N-dealkylation sites (N-methyl/N-ethyl adjacent to an activating group) is 1. The van der Waals surface area contributed by atoms with E-state index < -0.39 is 10.0 Å². The van der Waals surface area contributed by atoms with Gasteiger partial charge in [-0.05, 0) is 40.0 Å². The van der Waals surface area contributed by atoms with Gasteiger partial charge in [-0.3, -0.25) is 4.90 Å². The minimum absolute atomic E-state index is 0.206. The number of rotatable bonds is 4. The highest BCUT2D eigenvalue weighted by molar-refractivity contribution is 7.89. The first-order valence-corrected chi connectivity index (χ1v) is 8.72. The molecule has 0 aromatic carbocycles. The molecule has 0 amide bonds. The lowest BCUT2D eigenvalue weighted by Crippen LogP contribution is -2.56. The van der Waals surface area contributed by atoms with Crippen LogP contribution in [0, 0.1) is 0 Å². The molecule has 2 rings (SSSR count). The maximum absolute atomic E-state index is 12.7. The second-order valence-electron chi connectivity index (χ2n) is 5.60. The van der Waals surface area contributed by atoms with Gasteiger partial charge in [-0.25, -0.2) is 13.4 Å². The maximum Gasteiger partial charge on any atom is 0.244 e. The molecule has 0 bridgehead atoms. The zero-order valence-corrected chi connectivity index (χ0v) is 13.9. The van der Waals surface area contributed by atoms with Gasteiger partial charge < -0.3 is 5.32 Å². The van der Waals surface area contributed by atoms with E-state index in [1.165, 1.54) is 6.20 Å². The quantitative estimate of drug-likeness (QED) is 0.906. The minimum Gasteiger partial charge on any atom is -0.370 e. The molecule has 0 spiro atoms. The molecule has 1 fully saturated rings. The van der Waals surface area contributed by atoms with E-state index in [0.29, 0.717) is 18.9 Å². The molecule has 1 aliphatic rings. The Labute approximate surface area is 127 Å². The summed E-state index contributed by atoms with van der Waals surface area (Å²) in [5.41, 5.74) is 0. The molecule has 1 aromatic heterocycles. The van der Waals surface area contributed by atoms with Crippen LogP contribution in [-0.4, -0.2) is 61.4 Å². The second kappa shape index (κ2) is 6.29. The Morgan fingerprint density at radius 1 is 1.29 bits per heavy atom. The molecule has 1 N–H and O–H groups in total. The predicted octanol–water partition coefficient (Wildman–Crippen LogP) is 1.23. The first kappa shape index (κ1) is 16.2. The van der Waals surface area contributed by atoms with Gasteiger partial charge >= 0.3 is 0 Å². The SMILES string of the molecule is CCNc1ccc(S(=O)(=O)N2CC(C)N(C)C(C)C2)cn1. The second-order valence-corrected chi connectivity index (χ2v) is 7.53. The Morgan fingerprint density at radius 3 is 2.38 bits per heavy atom. The number of aromatic nitrogens is 1. The summed E-state index contributed by atoms with van der Waals surface area (Å²) in [4.78, 5) is 6.62. The fourth-order valence-corrected chi connectivity index (χ4v) is 4.07. The smallest absolute Gasteiger partial charge is 0.244 e. The predicted molar refractivity (Wildman–Crippen MR) is 83.8 cm³/mol. The van der Waals surface area contributed by atoms with Crippen molar-refractivity contribution in [1.29, 1.82) is 0 Å². The van der Waals surface area contributed by atoms with Crippen LogP contribution >= 0.6 is 0 Å². The number of pyridine rings is 1. The van der Waals surface area contributed by atoms with E-state index in [9.17, 15) is 8.42 Å². The van der Waals surface area contributed by atoms with Crippen molar-refractivity contribution in [3.8, 4) is 0 Å². The van der Waals surface area contributed by atoms with E-state index in [4.69, 9.17) is 0 Å². The number of nitrogens with one attached hydrogen (secondary N) is 1. The molecule has 0 radical (unpaired) electrons. The van der Waals surface area contributed by atoms with Gasteiger partial charge in [0.15, 0.2) is 0 Å². The van der Waals surface area contributed by atoms with Gasteiger partial charge in [-0.15, -0.1) is 0 Å². The molecule has 118 valence electrons. The number of nitrogens with zero attached hydrogens (tertiary/aromatic N) is 3. The van der Waals surface area contributed by atoms with Gasteiger partial charge in [-0.2, -0.15) is 4.31 Å². The monoisotopic (exact) mass is 312 g/mol. The van der Waals surface area contributed by atoms with Crippen LogP contribution in [0.4, 0.5) is 5.82 Å². The molecule has 0 saturated carbocycles. The zero-order chi connectivity index (χ0) is 15.6. The highest BCUT2D eigenvalue weighted by Crippen LogP contribution is 2.22. The van der Waals surface area contributed by atoms with Crippen LogP contribution in [0.25, 0.3) is 0 Å². The fraction of sp³-hybridized carbons (Fsp3) is 0.643. The van der Waals surface area contributed by atoms with Gasteiger partial charge in [-0.1, -0.05) is 0 Å². The first-order valence-electron chi connectivity index (χ1n) is 7.28. The lowest BCUT2D eigenvalue weighted by molar-refractivity contribution is 0.105. The van der Waals surface area contributed by atoms with Crippen LogP contribution in [-0.2, 0) is 10.0 Å².